The summed E-state index contributed by atoms with van der Waals surface area (Å²) < 4.78 is 1.83. The van der Waals surface area contributed by atoms with Crippen LogP contribution in [0.25, 0.3) is 0 Å². The molecule has 4 nitrogen and oxygen atoms in total. The molecule has 5 heteroatoms. The first-order valence-corrected chi connectivity index (χ1v) is 4.44. The van der Waals surface area contributed by atoms with Crippen LogP contribution in [-0.2, 0) is 11.8 Å². The zero-order valence-corrected chi connectivity index (χ0v) is 8.88. The highest BCUT2D eigenvalue weighted by atomic mass is 79.9. The van der Waals surface area contributed by atoms with E-state index >= 15 is 0 Å². The van der Waals surface area contributed by atoms with Crippen molar-refractivity contribution in [2.75, 3.05) is 5.32 Å². The van der Waals surface area contributed by atoms with Crippen molar-refractivity contribution in [1.82, 2.24) is 4.57 Å². The lowest BCUT2D eigenvalue weighted by molar-refractivity contribution is -0.114. The largest absolute Gasteiger partial charge is 0.325 e. The van der Waals surface area contributed by atoms with Crippen molar-refractivity contribution in [3.8, 4) is 0 Å². The van der Waals surface area contributed by atoms with E-state index in [9.17, 15) is 9.59 Å². The van der Waals surface area contributed by atoms with Gasteiger partial charge in [-0.2, -0.15) is 0 Å². The third-order valence-electron chi connectivity index (χ3n) is 1.46. The molecule has 1 N–H and O–H groups in total. The third kappa shape index (κ3) is 2.42. The van der Waals surface area contributed by atoms with Gasteiger partial charge in [-0.3, -0.25) is 9.59 Å². The van der Waals surface area contributed by atoms with E-state index in [1.54, 1.807) is 19.3 Å². The minimum atomic E-state index is -0.162. The Bertz CT molecular complexity index is 371. The maximum absolute atomic E-state index is 11.2. The number of carbonyl (C=O) groups is 1. The zero-order valence-electron chi connectivity index (χ0n) is 7.30. The van der Waals surface area contributed by atoms with Crippen LogP contribution in [0.1, 0.15) is 6.92 Å². The Kier molecular flexibility index (Phi) is 2.87. The molecular weight excluding hydrogens is 236 g/mol. The van der Waals surface area contributed by atoms with Gasteiger partial charge in [0.2, 0.25) is 5.91 Å². The smallest absolute Gasteiger partial charge is 0.264 e. The standard InChI is InChI=1S/C8H9BrN2O2/c1-5(12)10-6-3-7(9)8(13)11(2)4-6/h3-4H,1-2H3,(H,10,12). The molecule has 0 aliphatic rings. The fourth-order valence-electron chi connectivity index (χ4n) is 0.943. The predicted molar refractivity (Wildman–Crippen MR) is 53.7 cm³/mol. The maximum Gasteiger partial charge on any atom is 0.264 e. The number of amides is 1. The Morgan fingerprint density at radius 2 is 2.23 bits per heavy atom. The van der Waals surface area contributed by atoms with Gasteiger partial charge in [0.05, 0.1) is 10.2 Å². The highest BCUT2D eigenvalue weighted by Gasteiger charge is 2.02. The fourth-order valence-corrected chi connectivity index (χ4v) is 1.47. The van der Waals surface area contributed by atoms with Crippen molar-refractivity contribution in [2.45, 2.75) is 6.92 Å². The molecule has 0 aromatic carbocycles. The van der Waals surface area contributed by atoms with Gasteiger partial charge in [0.25, 0.3) is 5.56 Å². The molecule has 0 aliphatic heterocycles. The molecule has 0 radical (unpaired) electrons. The summed E-state index contributed by atoms with van der Waals surface area (Å²) in [6, 6.07) is 1.57. The van der Waals surface area contributed by atoms with E-state index in [1.807, 2.05) is 0 Å². The van der Waals surface area contributed by atoms with Gasteiger partial charge in [-0.25, -0.2) is 0 Å². The van der Waals surface area contributed by atoms with Crippen LogP contribution in [0.2, 0.25) is 0 Å². The maximum atomic E-state index is 11.2. The summed E-state index contributed by atoms with van der Waals surface area (Å²) in [5.41, 5.74) is 0.468. The summed E-state index contributed by atoms with van der Waals surface area (Å²) in [5, 5.41) is 2.58. The van der Waals surface area contributed by atoms with E-state index in [-0.39, 0.29) is 11.5 Å². The molecule has 1 aromatic rings. The molecule has 13 heavy (non-hydrogen) atoms. The van der Waals surface area contributed by atoms with E-state index in [4.69, 9.17) is 0 Å². The van der Waals surface area contributed by atoms with Crippen molar-refractivity contribution < 1.29 is 4.79 Å². The van der Waals surface area contributed by atoms with Crippen LogP contribution in [0.15, 0.2) is 21.5 Å². The van der Waals surface area contributed by atoms with Gasteiger partial charge in [-0.15, -0.1) is 0 Å². The number of halogens is 1. The lowest BCUT2D eigenvalue weighted by Gasteiger charge is -2.04. The van der Waals surface area contributed by atoms with E-state index in [0.717, 1.165) is 0 Å². The average molecular weight is 245 g/mol. The molecule has 0 spiro atoms. The predicted octanol–water partition coefficient (Wildman–Crippen LogP) is 1.11. The van der Waals surface area contributed by atoms with Crippen molar-refractivity contribution in [3.05, 3.63) is 27.1 Å². The number of aryl methyl sites for hydroxylation is 1. The van der Waals surface area contributed by atoms with Crippen LogP contribution in [0.5, 0.6) is 0 Å². The molecule has 0 aliphatic carbocycles. The summed E-state index contributed by atoms with van der Waals surface area (Å²) in [7, 11) is 1.62. The zero-order chi connectivity index (χ0) is 10.0. The molecular formula is C8H9BrN2O2. The number of carbonyl (C=O) groups excluding carboxylic acids is 1. The molecule has 1 heterocycles. The molecule has 1 rings (SSSR count). The highest BCUT2D eigenvalue weighted by Crippen LogP contribution is 2.10. The summed E-state index contributed by atoms with van der Waals surface area (Å²) in [5.74, 6) is -0.162. The Morgan fingerprint density at radius 1 is 1.62 bits per heavy atom. The second kappa shape index (κ2) is 3.74. The normalized spacial score (nSPS) is 9.77. The number of nitrogens with one attached hydrogen (secondary N) is 1. The Labute approximate surface area is 83.7 Å². The number of nitrogens with zero attached hydrogens (tertiary/aromatic N) is 1. The van der Waals surface area contributed by atoms with Gasteiger partial charge in [0.1, 0.15) is 0 Å². The molecule has 70 valence electrons. The highest BCUT2D eigenvalue weighted by molar-refractivity contribution is 9.10. The lowest BCUT2D eigenvalue weighted by atomic mass is 10.4. The minimum Gasteiger partial charge on any atom is -0.325 e. The van der Waals surface area contributed by atoms with E-state index in [2.05, 4.69) is 21.2 Å². The Morgan fingerprint density at radius 3 is 2.69 bits per heavy atom. The van der Waals surface area contributed by atoms with Crippen LogP contribution < -0.4 is 10.9 Å². The van der Waals surface area contributed by atoms with Crippen LogP contribution in [-0.4, -0.2) is 10.5 Å². The molecule has 1 aromatic heterocycles. The van der Waals surface area contributed by atoms with Crippen LogP contribution in [0, 0.1) is 0 Å². The summed E-state index contributed by atoms with van der Waals surface area (Å²) in [6.07, 6.45) is 1.56. The molecule has 0 fully saturated rings. The van der Waals surface area contributed by atoms with Crippen molar-refractivity contribution in [1.29, 1.82) is 0 Å². The number of hydrogen-bond acceptors (Lipinski definition) is 2. The quantitative estimate of drug-likeness (QED) is 0.805. The lowest BCUT2D eigenvalue weighted by Crippen LogP contribution is -2.18. The topological polar surface area (TPSA) is 51.1 Å². The third-order valence-corrected chi connectivity index (χ3v) is 2.03. The van der Waals surface area contributed by atoms with Gasteiger partial charge in [0.15, 0.2) is 0 Å². The SMILES string of the molecule is CC(=O)Nc1cc(Br)c(=O)n(C)c1. The molecule has 0 unspecified atom stereocenters. The molecule has 0 atom stereocenters. The summed E-state index contributed by atoms with van der Waals surface area (Å²) >= 11 is 3.10. The second-order valence-electron chi connectivity index (χ2n) is 2.67. The minimum absolute atomic E-state index is 0.130. The van der Waals surface area contributed by atoms with Gasteiger partial charge in [0, 0.05) is 20.2 Å². The van der Waals surface area contributed by atoms with Gasteiger partial charge in [-0.1, -0.05) is 0 Å². The molecule has 0 bridgehead atoms. The molecule has 1 amide bonds. The van der Waals surface area contributed by atoms with Gasteiger partial charge in [-0.05, 0) is 22.0 Å². The van der Waals surface area contributed by atoms with Crippen LogP contribution >= 0.6 is 15.9 Å². The first kappa shape index (κ1) is 9.98. The Balaban J connectivity index is 3.13. The number of aromatic nitrogens is 1. The number of rotatable bonds is 1. The number of hydrogen-bond donors (Lipinski definition) is 1. The average Bonchev–Trinajstić information content (AvgIpc) is 1.98. The first-order chi connectivity index (χ1) is 6.00. The van der Waals surface area contributed by atoms with Crippen LogP contribution in [0.4, 0.5) is 5.69 Å². The van der Waals surface area contributed by atoms with Crippen molar-refractivity contribution >= 4 is 27.5 Å². The summed E-state index contributed by atoms with van der Waals surface area (Å²) in [6.45, 7) is 1.42. The van der Waals surface area contributed by atoms with Gasteiger partial charge < -0.3 is 9.88 Å². The van der Waals surface area contributed by atoms with E-state index in [1.165, 1.54) is 11.5 Å². The van der Waals surface area contributed by atoms with Crippen molar-refractivity contribution in [2.24, 2.45) is 7.05 Å². The van der Waals surface area contributed by atoms with Crippen LogP contribution in [0.3, 0.4) is 0 Å². The van der Waals surface area contributed by atoms with Gasteiger partial charge >= 0.3 is 0 Å². The summed E-state index contributed by atoms with van der Waals surface area (Å²) in [4.78, 5) is 21.9. The van der Waals surface area contributed by atoms with E-state index in [0.29, 0.717) is 10.2 Å². The number of anilines is 1. The van der Waals surface area contributed by atoms with E-state index < -0.39 is 0 Å². The van der Waals surface area contributed by atoms with Crippen molar-refractivity contribution in [3.63, 3.8) is 0 Å². The molecule has 0 saturated carbocycles. The number of pyridine rings is 1. The molecule has 0 saturated heterocycles. The Hall–Kier alpha value is -1.10. The monoisotopic (exact) mass is 244 g/mol. The fraction of sp³-hybridized carbons (Fsp3) is 0.250. The first-order valence-electron chi connectivity index (χ1n) is 3.64. The second-order valence-corrected chi connectivity index (χ2v) is 3.53.